The summed E-state index contributed by atoms with van der Waals surface area (Å²) in [5.41, 5.74) is 2.23. The van der Waals surface area contributed by atoms with E-state index in [-0.39, 0.29) is 23.5 Å². The number of aromatic nitrogens is 1. The van der Waals surface area contributed by atoms with Crippen LogP contribution in [0.5, 0.6) is 0 Å². The van der Waals surface area contributed by atoms with Crippen LogP contribution >= 0.6 is 11.6 Å². The minimum absolute atomic E-state index is 0.226. The number of carboxylic acids is 1. The number of rotatable bonds is 20. The molecule has 0 spiro atoms. The molecule has 0 bridgehead atoms. The minimum Gasteiger partial charge on any atom is -0.481 e. The fourth-order valence-corrected chi connectivity index (χ4v) is 6.14. The van der Waals surface area contributed by atoms with Crippen LogP contribution in [-0.4, -0.2) is 28.1 Å². The Morgan fingerprint density at radius 2 is 1.41 bits per heavy atom. The first kappa shape index (κ1) is 35.1. The number of carboxylic acid groups (broad SMARTS) is 1. The average Bonchev–Trinajstić information content (AvgIpc) is 3.01. The number of anilines is 1. The number of carbonyl (C=O) groups is 2. The monoisotopic (exact) mass is 620 g/mol. The van der Waals surface area contributed by atoms with Gasteiger partial charge in [-0.3, -0.25) is 14.4 Å². The number of hydrogen-bond donors (Lipinski definition) is 1. The van der Waals surface area contributed by atoms with Crippen molar-refractivity contribution in [3.05, 3.63) is 87.2 Å². The summed E-state index contributed by atoms with van der Waals surface area (Å²) in [6.07, 6.45) is 19.6. The highest BCUT2D eigenvalue weighted by Gasteiger charge is 2.26. The fourth-order valence-electron chi connectivity index (χ4n) is 5.85. The molecule has 0 atom stereocenters. The zero-order chi connectivity index (χ0) is 31.7. The van der Waals surface area contributed by atoms with Gasteiger partial charge in [-0.25, -0.2) is 0 Å². The van der Waals surface area contributed by atoms with E-state index in [2.05, 4.69) is 12.2 Å². The molecule has 3 aromatic rings. The number of aliphatic carboxylic acids is 1. The number of pyridine rings is 1. The predicted octanol–water partition coefficient (Wildman–Crippen LogP) is 9.50. The Morgan fingerprint density at radius 3 is 2.02 bits per heavy atom. The van der Waals surface area contributed by atoms with Crippen LogP contribution in [0.1, 0.15) is 113 Å². The number of carbonyl (C=O) groups excluding carboxylic acids is 1. The van der Waals surface area contributed by atoms with Gasteiger partial charge in [-0.05, 0) is 81.7 Å². The maximum Gasteiger partial charge on any atom is 0.303 e. The van der Waals surface area contributed by atoms with Crippen molar-refractivity contribution in [1.82, 2.24) is 4.57 Å². The molecule has 238 valence electrons. The van der Waals surface area contributed by atoms with Gasteiger partial charge in [0, 0.05) is 31.1 Å². The topological polar surface area (TPSA) is 79.6 Å². The summed E-state index contributed by atoms with van der Waals surface area (Å²) in [6, 6.07) is 15.1. The van der Waals surface area contributed by atoms with Crippen molar-refractivity contribution in [2.45, 2.75) is 103 Å². The van der Waals surface area contributed by atoms with Gasteiger partial charge in [0.05, 0.1) is 10.5 Å². The van der Waals surface area contributed by atoms with E-state index in [9.17, 15) is 14.4 Å². The van der Waals surface area contributed by atoms with Crippen LogP contribution in [0.4, 0.5) is 5.69 Å². The Balaban J connectivity index is 1.51. The first-order valence-corrected chi connectivity index (χ1v) is 16.8. The van der Waals surface area contributed by atoms with Gasteiger partial charge in [0.25, 0.3) is 11.5 Å². The van der Waals surface area contributed by atoms with E-state index in [0.717, 1.165) is 73.5 Å². The number of amides is 1. The highest BCUT2D eigenvalue weighted by Crippen LogP contribution is 2.30. The highest BCUT2D eigenvalue weighted by atomic mass is 35.5. The molecule has 0 aliphatic heterocycles. The van der Waals surface area contributed by atoms with Gasteiger partial charge in [0.2, 0.25) is 0 Å². The van der Waals surface area contributed by atoms with Crippen molar-refractivity contribution in [1.29, 1.82) is 0 Å². The van der Waals surface area contributed by atoms with Gasteiger partial charge in [0.15, 0.2) is 0 Å². The molecule has 0 fully saturated rings. The summed E-state index contributed by atoms with van der Waals surface area (Å²) in [5.74, 6) is -0.975. The van der Waals surface area contributed by atoms with Crippen molar-refractivity contribution in [2.24, 2.45) is 7.05 Å². The molecule has 1 N–H and O–H groups in total. The molecule has 2 aromatic carbocycles. The van der Waals surface area contributed by atoms with Crippen molar-refractivity contribution in [2.75, 3.05) is 11.4 Å². The van der Waals surface area contributed by atoms with E-state index in [1.54, 1.807) is 16.5 Å². The van der Waals surface area contributed by atoms with Crippen molar-refractivity contribution in [3.8, 4) is 0 Å². The lowest BCUT2D eigenvalue weighted by molar-refractivity contribution is -0.137. The van der Waals surface area contributed by atoms with Gasteiger partial charge in [-0.2, -0.15) is 0 Å². The maximum absolute atomic E-state index is 14.0. The number of aryl methyl sites for hydroxylation is 2. The number of fused-ring (bicyclic) bond motifs is 1. The number of allylic oxidation sites excluding steroid dienone is 2. The summed E-state index contributed by atoms with van der Waals surface area (Å²) >= 11 is 6.72. The van der Waals surface area contributed by atoms with Gasteiger partial charge in [-0.1, -0.05) is 93.0 Å². The van der Waals surface area contributed by atoms with Crippen LogP contribution < -0.4 is 10.5 Å². The second-order valence-electron chi connectivity index (χ2n) is 11.6. The normalized spacial score (nSPS) is 11.4. The fraction of sp³-hybridized carbons (Fsp3) is 0.486. The quantitative estimate of drug-likeness (QED) is 0.101. The second-order valence-corrected chi connectivity index (χ2v) is 12.0. The maximum atomic E-state index is 14.0. The smallest absolute Gasteiger partial charge is 0.303 e. The van der Waals surface area contributed by atoms with Gasteiger partial charge in [0.1, 0.15) is 5.56 Å². The zero-order valence-corrected chi connectivity index (χ0v) is 27.3. The third-order valence-electron chi connectivity index (χ3n) is 8.29. The van der Waals surface area contributed by atoms with Crippen molar-refractivity contribution in [3.63, 3.8) is 0 Å². The third kappa shape index (κ3) is 10.4. The number of nitrogens with zero attached hydrogens (tertiary/aromatic N) is 2. The molecule has 1 amide bonds. The Labute approximate surface area is 267 Å². The summed E-state index contributed by atoms with van der Waals surface area (Å²) < 4.78 is 1.55. The number of benzene rings is 2. The van der Waals surface area contributed by atoms with Crippen molar-refractivity contribution >= 4 is 40.1 Å². The van der Waals surface area contributed by atoms with Crippen LogP contribution in [0.15, 0.2) is 65.5 Å². The van der Waals surface area contributed by atoms with E-state index in [1.807, 2.05) is 55.5 Å². The van der Waals surface area contributed by atoms with Crippen molar-refractivity contribution < 1.29 is 14.7 Å². The molecule has 44 heavy (non-hydrogen) atoms. The SMILES string of the molecule is CCN(C(=O)c1c(CCCCCCCC/C=C\CCCCCCCC(=O)O)c2c(Cl)cccc2n(C)c1=O)c1ccccc1. The lowest BCUT2D eigenvalue weighted by Crippen LogP contribution is -2.37. The first-order valence-electron chi connectivity index (χ1n) is 16.4. The van der Waals surface area contributed by atoms with E-state index in [1.165, 1.54) is 32.1 Å². The minimum atomic E-state index is -0.697. The second kappa shape index (κ2) is 19.1. The predicted molar refractivity (Wildman–Crippen MR) is 183 cm³/mol. The molecular weight excluding hydrogens is 572 g/mol. The Morgan fingerprint density at radius 1 is 0.818 bits per heavy atom. The highest BCUT2D eigenvalue weighted by molar-refractivity contribution is 6.36. The summed E-state index contributed by atoms with van der Waals surface area (Å²) in [6.45, 7) is 2.38. The molecule has 0 saturated carbocycles. The van der Waals surface area contributed by atoms with E-state index < -0.39 is 5.97 Å². The number of halogens is 1. The van der Waals surface area contributed by atoms with Crippen LogP contribution in [0.2, 0.25) is 5.02 Å². The van der Waals surface area contributed by atoms with Gasteiger partial charge >= 0.3 is 5.97 Å². The molecule has 6 nitrogen and oxygen atoms in total. The van der Waals surface area contributed by atoms with E-state index in [4.69, 9.17) is 16.7 Å². The molecule has 0 saturated heterocycles. The lowest BCUT2D eigenvalue weighted by atomic mass is 9.95. The molecule has 0 aliphatic rings. The average molecular weight is 621 g/mol. The number of para-hydroxylation sites is 1. The lowest BCUT2D eigenvalue weighted by Gasteiger charge is -2.24. The van der Waals surface area contributed by atoms with Gasteiger partial charge in [-0.15, -0.1) is 0 Å². The van der Waals surface area contributed by atoms with Gasteiger partial charge < -0.3 is 14.6 Å². The molecule has 0 unspecified atom stereocenters. The van der Waals surface area contributed by atoms with Crippen LogP contribution in [0, 0.1) is 0 Å². The van der Waals surface area contributed by atoms with E-state index in [0.29, 0.717) is 18.0 Å². The number of unbranched alkanes of at least 4 members (excludes halogenated alkanes) is 11. The summed E-state index contributed by atoms with van der Waals surface area (Å²) in [7, 11) is 1.71. The first-order chi connectivity index (χ1) is 21.4. The third-order valence-corrected chi connectivity index (χ3v) is 8.61. The number of hydrogen-bond acceptors (Lipinski definition) is 3. The Hall–Kier alpha value is -3.38. The Kier molecular flexibility index (Phi) is 15.2. The standard InChI is InChI=1S/C37H49ClN2O4/c1-3-40(29-23-18-17-19-24-29)37(44)35-30(34-31(38)26-22-27-32(34)39(2)36(35)43)25-20-15-13-11-9-7-5-4-6-8-10-12-14-16-21-28-33(41)42/h4,6,17-19,22-24,26-27H,3,5,7-16,20-21,25,28H2,1-2H3,(H,41,42)/b6-4-. The zero-order valence-electron chi connectivity index (χ0n) is 26.5. The molecule has 7 heteroatoms. The largest absolute Gasteiger partial charge is 0.481 e. The molecule has 1 heterocycles. The molecule has 3 rings (SSSR count). The summed E-state index contributed by atoms with van der Waals surface area (Å²) in [4.78, 5) is 39.8. The van der Waals surface area contributed by atoms with Crippen LogP contribution in [0.25, 0.3) is 10.9 Å². The van der Waals surface area contributed by atoms with Crippen LogP contribution in [-0.2, 0) is 18.3 Å². The molecular formula is C37H49ClN2O4. The summed E-state index contributed by atoms with van der Waals surface area (Å²) in [5, 5.41) is 10.0. The Bertz CT molecular complexity index is 1430. The van der Waals surface area contributed by atoms with E-state index >= 15 is 0 Å². The molecule has 0 radical (unpaired) electrons. The molecule has 1 aromatic heterocycles. The van der Waals surface area contributed by atoms with Crippen LogP contribution in [0.3, 0.4) is 0 Å². The molecule has 0 aliphatic carbocycles.